The lowest BCUT2D eigenvalue weighted by atomic mass is 10.2. The molecule has 0 spiro atoms. The molecule has 1 aromatic carbocycles. The highest BCUT2D eigenvalue weighted by Crippen LogP contribution is 2.25. The van der Waals surface area contributed by atoms with Crippen molar-refractivity contribution in [3.05, 3.63) is 41.5 Å². The number of aryl methyl sites for hydroxylation is 1. The summed E-state index contributed by atoms with van der Waals surface area (Å²) in [6.07, 6.45) is 0. The van der Waals surface area contributed by atoms with E-state index < -0.39 is 11.6 Å². The van der Waals surface area contributed by atoms with Crippen LogP contribution in [-0.4, -0.2) is 4.98 Å². The topological polar surface area (TPSA) is 77.0 Å². The Morgan fingerprint density at radius 2 is 1.83 bits per heavy atom. The van der Waals surface area contributed by atoms with E-state index in [2.05, 4.69) is 10.3 Å². The molecule has 0 aliphatic heterocycles. The Hall–Kier alpha value is -2.37. The van der Waals surface area contributed by atoms with Crippen LogP contribution in [0.3, 0.4) is 0 Å². The molecule has 0 radical (unpaired) electrons. The minimum Gasteiger partial charge on any atom is -0.396 e. The molecule has 0 fully saturated rings. The molecule has 5 N–H and O–H groups in total. The van der Waals surface area contributed by atoms with Gasteiger partial charge in [0.2, 0.25) is 0 Å². The summed E-state index contributed by atoms with van der Waals surface area (Å²) in [6, 6.07) is 5.55. The highest BCUT2D eigenvalue weighted by atomic mass is 19.1. The van der Waals surface area contributed by atoms with Gasteiger partial charge in [-0.1, -0.05) is 6.07 Å². The van der Waals surface area contributed by atoms with Gasteiger partial charge < -0.3 is 16.8 Å². The zero-order valence-electron chi connectivity index (χ0n) is 9.67. The van der Waals surface area contributed by atoms with Crippen LogP contribution >= 0.6 is 0 Å². The molecule has 0 saturated heterocycles. The van der Waals surface area contributed by atoms with E-state index in [9.17, 15) is 8.78 Å². The smallest absolute Gasteiger partial charge is 0.152 e. The number of nitrogens with zero attached hydrogens (tertiary/aromatic N) is 1. The van der Waals surface area contributed by atoms with Crippen molar-refractivity contribution in [3.8, 4) is 0 Å². The Bertz CT molecular complexity index is 599. The van der Waals surface area contributed by atoms with Crippen molar-refractivity contribution in [2.24, 2.45) is 0 Å². The molecule has 0 unspecified atom stereocenters. The fraction of sp³-hybridized carbons (Fsp3) is 0.0833. The van der Waals surface area contributed by atoms with E-state index in [-0.39, 0.29) is 17.3 Å². The number of nitrogens with one attached hydrogen (secondary N) is 1. The third-order valence-corrected chi connectivity index (χ3v) is 2.49. The zero-order valence-corrected chi connectivity index (χ0v) is 9.67. The molecule has 0 aliphatic rings. The van der Waals surface area contributed by atoms with Crippen LogP contribution in [0.4, 0.5) is 31.8 Å². The van der Waals surface area contributed by atoms with Crippen LogP contribution in [0.5, 0.6) is 0 Å². The van der Waals surface area contributed by atoms with Gasteiger partial charge in [-0.2, -0.15) is 0 Å². The molecular weight excluding hydrogens is 238 g/mol. The number of hydrogen-bond acceptors (Lipinski definition) is 4. The van der Waals surface area contributed by atoms with Gasteiger partial charge in [-0.25, -0.2) is 13.8 Å². The van der Waals surface area contributed by atoms with E-state index in [4.69, 9.17) is 11.5 Å². The predicted molar refractivity (Wildman–Crippen MR) is 67.4 cm³/mol. The quantitative estimate of drug-likeness (QED) is 0.765. The van der Waals surface area contributed by atoms with Gasteiger partial charge in [-0.15, -0.1) is 0 Å². The molecule has 18 heavy (non-hydrogen) atoms. The summed E-state index contributed by atoms with van der Waals surface area (Å²) in [5.74, 6) is -1.03. The molecule has 2 rings (SSSR count). The molecule has 0 aliphatic carbocycles. The van der Waals surface area contributed by atoms with E-state index in [1.54, 1.807) is 6.92 Å². The van der Waals surface area contributed by atoms with Crippen molar-refractivity contribution in [3.63, 3.8) is 0 Å². The van der Waals surface area contributed by atoms with E-state index >= 15 is 0 Å². The summed E-state index contributed by atoms with van der Waals surface area (Å²) >= 11 is 0. The minimum absolute atomic E-state index is 0.105. The fourth-order valence-corrected chi connectivity index (χ4v) is 1.45. The number of hydrogen-bond donors (Lipinski definition) is 3. The van der Waals surface area contributed by atoms with Gasteiger partial charge in [0.25, 0.3) is 0 Å². The number of nitrogens with two attached hydrogens (primary N) is 2. The Morgan fingerprint density at radius 3 is 2.50 bits per heavy atom. The molecule has 0 amide bonds. The van der Waals surface area contributed by atoms with E-state index in [1.807, 2.05) is 0 Å². The lowest BCUT2D eigenvalue weighted by Gasteiger charge is -2.10. The maximum atomic E-state index is 13.7. The zero-order chi connectivity index (χ0) is 13.3. The number of halogens is 2. The summed E-state index contributed by atoms with van der Waals surface area (Å²) in [5.41, 5.74) is 11.4. The van der Waals surface area contributed by atoms with Crippen molar-refractivity contribution in [1.29, 1.82) is 0 Å². The highest BCUT2D eigenvalue weighted by molar-refractivity contribution is 5.66. The number of rotatable bonds is 2. The lowest BCUT2D eigenvalue weighted by Crippen LogP contribution is -2.04. The highest BCUT2D eigenvalue weighted by Gasteiger charge is 2.12. The maximum Gasteiger partial charge on any atom is 0.152 e. The van der Waals surface area contributed by atoms with E-state index in [1.165, 1.54) is 24.3 Å². The standard InChI is InChI=1S/C12H12F2N4/c1-6-2-3-7(13)11(10(6)14)17-9-5-4-8(15)12(16)18-9/h2-5H,15H2,1H3,(H3,16,17,18). The van der Waals surface area contributed by atoms with Gasteiger partial charge >= 0.3 is 0 Å². The van der Waals surface area contributed by atoms with Crippen LogP contribution in [0, 0.1) is 18.6 Å². The second-order valence-electron chi connectivity index (χ2n) is 3.85. The van der Waals surface area contributed by atoms with E-state index in [0.29, 0.717) is 11.3 Å². The average Bonchev–Trinajstić information content (AvgIpc) is 2.34. The first-order valence-electron chi connectivity index (χ1n) is 5.22. The van der Waals surface area contributed by atoms with Crippen LogP contribution in [0.15, 0.2) is 24.3 Å². The van der Waals surface area contributed by atoms with Gasteiger partial charge in [0, 0.05) is 0 Å². The van der Waals surface area contributed by atoms with Crippen molar-refractivity contribution >= 4 is 23.0 Å². The molecule has 1 aromatic heterocycles. The van der Waals surface area contributed by atoms with Crippen molar-refractivity contribution in [2.75, 3.05) is 16.8 Å². The third-order valence-electron chi connectivity index (χ3n) is 2.49. The first-order chi connectivity index (χ1) is 8.49. The van der Waals surface area contributed by atoms with Gasteiger partial charge in [0.05, 0.1) is 5.69 Å². The summed E-state index contributed by atoms with van der Waals surface area (Å²) in [6.45, 7) is 1.55. The van der Waals surface area contributed by atoms with Gasteiger partial charge in [-0.3, -0.25) is 0 Å². The van der Waals surface area contributed by atoms with Crippen LogP contribution in [-0.2, 0) is 0 Å². The second-order valence-corrected chi connectivity index (χ2v) is 3.85. The monoisotopic (exact) mass is 250 g/mol. The van der Waals surface area contributed by atoms with Crippen molar-refractivity contribution in [1.82, 2.24) is 4.98 Å². The Labute approximate surface area is 103 Å². The van der Waals surface area contributed by atoms with Crippen LogP contribution in [0.1, 0.15) is 5.56 Å². The number of benzene rings is 1. The number of anilines is 4. The molecule has 94 valence electrons. The Balaban J connectivity index is 2.39. The summed E-state index contributed by atoms with van der Waals surface area (Å²) < 4.78 is 27.3. The molecule has 0 saturated carbocycles. The minimum atomic E-state index is -0.699. The van der Waals surface area contributed by atoms with Crippen LogP contribution in [0.25, 0.3) is 0 Å². The van der Waals surface area contributed by atoms with E-state index in [0.717, 1.165) is 0 Å². The average molecular weight is 250 g/mol. The molecule has 6 heteroatoms. The normalized spacial score (nSPS) is 10.4. The van der Waals surface area contributed by atoms with Gasteiger partial charge in [0.15, 0.2) is 5.82 Å². The van der Waals surface area contributed by atoms with Crippen LogP contribution in [0.2, 0.25) is 0 Å². The molecule has 0 bridgehead atoms. The third kappa shape index (κ3) is 2.17. The first kappa shape index (κ1) is 12.1. The van der Waals surface area contributed by atoms with Crippen molar-refractivity contribution in [2.45, 2.75) is 6.92 Å². The molecular formula is C12H12F2N4. The number of nitrogen functional groups attached to an aromatic ring is 2. The van der Waals surface area contributed by atoms with Crippen LogP contribution < -0.4 is 16.8 Å². The maximum absolute atomic E-state index is 13.7. The summed E-state index contributed by atoms with van der Waals surface area (Å²) in [5, 5.41) is 2.55. The molecule has 2 aromatic rings. The molecule has 4 nitrogen and oxygen atoms in total. The lowest BCUT2D eigenvalue weighted by molar-refractivity contribution is 0.585. The molecule has 1 heterocycles. The van der Waals surface area contributed by atoms with Gasteiger partial charge in [-0.05, 0) is 30.7 Å². The Kier molecular flexibility index (Phi) is 3.01. The summed E-state index contributed by atoms with van der Waals surface area (Å²) in [4.78, 5) is 3.89. The summed E-state index contributed by atoms with van der Waals surface area (Å²) in [7, 11) is 0. The van der Waals surface area contributed by atoms with Gasteiger partial charge in [0.1, 0.15) is 23.1 Å². The number of pyridine rings is 1. The SMILES string of the molecule is Cc1ccc(F)c(Nc2ccc(N)c(N)n2)c1F. The largest absolute Gasteiger partial charge is 0.396 e. The first-order valence-corrected chi connectivity index (χ1v) is 5.22. The molecule has 0 atom stereocenters. The van der Waals surface area contributed by atoms with Crippen molar-refractivity contribution < 1.29 is 8.78 Å². The Morgan fingerprint density at radius 1 is 1.11 bits per heavy atom. The fourth-order valence-electron chi connectivity index (χ4n) is 1.45. The second kappa shape index (κ2) is 4.48. The predicted octanol–water partition coefficient (Wildman–Crippen LogP) is 2.58. The number of aromatic nitrogens is 1.